The van der Waals surface area contributed by atoms with Gasteiger partial charge < -0.3 is 5.32 Å². The maximum absolute atomic E-state index is 13.7. The number of thioether (sulfide) groups is 1. The molecular weight excluding hydrogens is 401 g/mol. The van der Waals surface area contributed by atoms with Gasteiger partial charge in [0.05, 0.1) is 5.69 Å². The van der Waals surface area contributed by atoms with Crippen molar-refractivity contribution < 1.29 is 9.18 Å². The van der Waals surface area contributed by atoms with Gasteiger partial charge in [0, 0.05) is 17.0 Å². The fourth-order valence-electron chi connectivity index (χ4n) is 2.78. The molecule has 0 atom stereocenters. The SMILES string of the molecule is Cc1ccc(NC(=O)c2ccc(-n3nnnc3SCc3ccccc3)cc2)cc1F. The number of rotatable bonds is 6. The lowest BCUT2D eigenvalue weighted by molar-refractivity contribution is 0.102. The van der Waals surface area contributed by atoms with Crippen LogP contribution < -0.4 is 5.32 Å². The highest BCUT2D eigenvalue weighted by atomic mass is 32.2. The smallest absolute Gasteiger partial charge is 0.255 e. The van der Waals surface area contributed by atoms with E-state index in [0.29, 0.717) is 22.0 Å². The predicted octanol–water partition coefficient (Wildman–Crippen LogP) is 4.65. The van der Waals surface area contributed by atoms with Gasteiger partial charge in [-0.25, -0.2) is 4.39 Å². The van der Waals surface area contributed by atoms with E-state index >= 15 is 0 Å². The largest absolute Gasteiger partial charge is 0.322 e. The molecule has 0 bridgehead atoms. The van der Waals surface area contributed by atoms with Crippen molar-refractivity contribution in [1.29, 1.82) is 0 Å². The molecule has 3 aromatic carbocycles. The minimum atomic E-state index is -0.359. The van der Waals surface area contributed by atoms with Crippen LogP contribution in [-0.4, -0.2) is 26.1 Å². The zero-order chi connectivity index (χ0) is 20.9. The molecule has 0 saturated carbocycles. The third kappa shape index (κ3) is 4.55. The lowest BCUT2D eigenvalue weighted by Gasteiger charge is -2.08. The Labute approximate surface area is 177 Å². The van der Waals surface area contributed by atoms with E-state index in [1.807, 2.05) is 18.2 Å². The number of carbonyl (C=O) groups is 1. The Morgan fingerprint density at radius 2 is 1.83 bits per heavy atom. The number of aryl methyl sites for hydroxylation is 1. The second-order valence-corrected chi connectivity index (χ2v) is 7.55. The molecule has 0 aliphatic carbocycles. The van der Waals surface area contributed by atoms with Crippen LogP contribution in [0.3, 0.4) is 0 Å². The van der Waals surface area contributed by atoms with Crippen LogP contribution in [0.5, 0.6) is 0 Å². The number of tetrazole rings is 1. The second kappa shape index (κ2) is 8.87. The highest BCUT2D eigenvalue weighted by Crippen LogP contribution is 2.23. The molecule has 4 aromatic rings. The molecule has 8 heteroatoms. The summed E-state index contributed by atoms with van der Waals surface area (Å²) in [5.41, 5.74) is 3.31. The van der Waals surface area contributed by atoms with Gasteiger partial charge in [0.2, 0.25) is 5.16 Å². The van der Waals surface area contributed by atoms with Crippen molar-refractivity contribution in [2.45, 2.75) is 17.8 Å². The number of halogens is 1. The molecule has 30 heavy (non-hydrogen) atoms. The zero-order valence-corrected chi connectivity index (χ0v) is 16.9. The Kier molecular flexibility index (Phi) is 5.85. The van der Waals surface area contributed by atoms with Gasteiger partial charge in [-0.05, 0) is 64.9 Å². The summed E-state index contributed by atoms with van der Waals surface area (Å²) in [6.45, 7) is 1.67. The third-order valence-electron chi connectivity index (χ3n) is 4.46. The Bertz CT molecular complexity index is 1160. The fourth-order valence-corrected chi connectivity index (χ4v) is 3.63. The van der Waals surface area contributed by atoms with Crippen LogP contribution in [0.4, 0.5) is 10.1 Å². The molecule has 1 aromatic heterocycles. The van der Waals surface area contributed by atoms with Crippen molar-refractivity contribution in [1.82, 2.24) is 20.2 Å². The molecule has 4 rings (SSSR count). The van der Waals surface area contributed by atoms with E-state index in [0.717, 1.165) is 11.4 Å². The average molecular weight is 419 g/mol. The maximum atomic E-state index is 13.7. The number of hydrogen-bond donors (Lipinski definition) is 1. The Balaban J connectivity index is 1.45. The van der Waals surface area contributed by atoms with Crippen LogP contribution in [0.25, 0.3) is 5.69 Å². The minimum absolute atomic E-state index is 0.319. The first-order chi connectivity index (χ1) is 14.6. The third-order valence-corrected chi connectivity index (χ3v) is 5.45. The fraction of sp³-hybridized carbons (Fsp3) is 0.0909. The summed E-state index contributed by atoms with van der Waals surface area (Å²) in [5.74, 6) is 0.0667. The van der Waals surface area contributed by atoms with Crippen molar-refractivity contribution in [2.75, 3.05) is 5.32 Å². The topological polar surface area (TPSA) is 72.7 Å². The average Bonchev–Trinajstić information content (AvgIpc) is 3.24. The Morgan fingerprint density at radius 3 is 2.57 bits per heavy atom. The molecule has 0 fully saturated rings. The summed E-state index contributed by atoms with van der Waals surface area (Å²) in [5, 5.41) is 15.3. The van der Waals surface area contributed by atoms with Gasteiger partial charge in [-0.3, -0.25) is 4.79 Å². The molecule has 1 heterocycles. The van der Waals surface area contributed by atoms with Crippen molar-refractivity contribution >= 4 is 23.4 Å². The molecule has 150 valence electrons. The second-order valence-electron chi connectivity index (χ2n) is 6.61. The minimum Gasteiger partial charge on any atom is -0.322 e. The van der Waals surface area contributed by atoms with E-state index in [-0.39, 0.29) is 11.7 Å². The summed E-state index contributed by atoms with van der Waals surface area (Å²) in [4.78, 5) is 12.4. The lowest BCUT2D eigenvalue weighted by atomic mass is 10.1. The molecule has 6 nitrogen and oxygen atoms in total. The highest BCUT2D eigenvalue weighted by molar-refractivity contribution is 7.98. The standard InChI is InChI=1S/C22H18FN5OS/c1-15-7-10-18(13-20(15)23)24-21(29)17-8-11-19(12-9-17)28-22(25-26-27-28)30-14-16-5-3-2-4-6-16/h2-13H,14H2,1H3,(H,24,29). The summed E-state index contributed by atoms with van der Waals surface area (Å²) >= 11 is 1.53. The number of nitrogens with zero attached hydrogens (tertiary/aromatic N) is 4. The van der Waals surface area contributed by atoms with Crippen LogP contribution in [0.1, 0.15) is 21.5 Å². The number of hydrogen-bond acceptors (Lipinski definition) is 5. The Morgan fingerprint density at radius 1 is 1.07 bits per heavy atom. The Hall–Kier alpha value is -3.52. The lowest BCUT2D eigenvalue weighted by Crippen LogP contribution is -2.12. The van der Waals surface area contributed by atoms with E-state index in [1.54, 1.807) is 48.0 Å². The molecular formula is C22H18FN5OS. The van der Waals surface area contributed by atoms with E-state index in [4.69, 9.17) is 0 Å². The molecule has 0 radical (unpaired) electrons. The first-order valence-electron chi connectivity index (χ1n) is 9.23. The number of benzene rings is 3. The summed E-state index contributed by atoms with van der Waals surface area (Å²) < 4.78 is 15.3. The van der Waals surface area contributed by atoms with Crippen molar-refractivity contribution in [3.8, 4) is 5.69 Å². The molecule has 0 unspecified atom stereocenters. The zero-order valence-electron chi connectivity index (χ0n) is 16.1. The molecule has 0 aliphatic rings. The van der Waals surface area contributed by atoms with E-state index in [9.17, 15) is 9.18 Å². The molecule has 1 amide bonds. The van der Waals surface area contributed by atoms with Gasteiger partial charge in [-0.15, -0.1) is 5.10 Å². The van der Waals surface area contributed by atoms with E-state index in [1.165, 1.54) is 23.4 Å². The summed E-state index contributed by atoms with van der Waals surface area (Å²) in [6.07, 6.45) is 0. The summed E-state index contributed by atoms with van der Waals surface area (Å²) in [6, 6.07) is 21.6. The van der Waals surface area contributed by atoms with Gasteiger partial charge in [-0.2, -0.15) is 4.68 Å². The van der Waals surface area contributed by atoms with Crippen LogP contribution in [0.15, 0.2) is 78.0 Å². The van der Waals surface area contributed by atoms with Crippen molar-refractivity contribution in [3.63, 3.8) is 0 Å². The number of anilines is 1. The number of nitrogens with one attached hydrogen (secondary N) is 1. The molecule has 1 N–H and O–H groups in total. The molecule has 0 spiro atoms. The van der Waals surface area contributed by atoms with Crippen molar-refractivity contribution in [3.05, 3.63) is 95.3 Å². The van der Waals surface area contributed by atoms with Crippen molar-refractivity contribution in [2.24, 2.45) is 0 Å². The number of aromatic nitrogens is 4. The predicted molar refractivity (Wildman–Crippen MR) is 114 cm³/mol. The van der Waals surface area contributed by atoms with E-state index in [2.05, 4.69) is 33.0 Å². The monoisotopic (exact) mass is 419 g/mol. The normalized spacial score (nSPS) is 10.7. The van der Waals surface area contributed by atoms with Gasteiger partial charge >= 0.3 is 0 Å². The van der Waals surface area contributed by atoms with E-state index < -0.39 is 0 Å². The first-order valence-corrected chi connectivity index (χ1v) is 10.2. The molecule has 0 saturated heterocycles. The quantitative estimate of drug-likeness (QED) is 0.461. The number of amides is 1. The van der Waals surface area contributed by atoms with Gasteiger partial charge in [0.15, 0.2) is 0 Å². The first kappa shape index (κ1) is 19.8. The number of carbonyl (C=O) groups excluding carboxylic acids is 1. The van der Waals surface area contributed by atoms with Crippen LogP contribution in [-0.2, 0) is 5.75 Å². The van der Waals surface area contributed by atoms with Gasteiger partial charge in [-0.1, -0.05) is 48.2 Å². The van der Waals surface area contributed by atoms with Crippen LogP contribution in [0, 0.1) is 12.7 Å². The van der Waals surface area contributed by atoms with Gasteiger partial charge in [0.25, 0.3) is 5.91 Å². The van der Waals surface area contributed by atoms with Crippen LogP contribution in [0.2, 0.25) is 0 Å². The maximum Gasteiger partial charge on any atom is 0.255 e. The summed E-state index contributed by atoms with van der Waals surface area (Å²) in [7, 11) is 0. The highest BCUT2D eigenvalue weighted by Gasteiger charge is 2.12. The van der Waals surface area contributed by atoms with Gasteiger partial charge in [0.1, 0.15) is 5.82 Å². The molecule has 0 aliphatic heterocycles. The van der Waals surface area contributed by atoms with Crippen LogP contribution >= 0.6 is 11.8 Å².